The summed E-state index contributed by atoms with van der Waals surface area (Å²) in [5, 5.41) is 2.87. The fourth-order valence-corrected chi connectivity index (χ4v) is 5.62. The van der Waals surface area contributed by atoms with Crippen molar-refractivity contribution in [3.63, 3.8) is 0 Å². The van der Waals surface area contributed by atoms with E-state index in [1.54, 1.807) is 31.2 Å². The molecule has 0 saturated carbocycles. The average molecular weight is 464 g/mol. The minimum Gasteiger partial charge on any atom is -0.324 e. The molecule has 4 rings (SSSR count). The van der Waals surface area contributed by atoms with Gasteiger partial charge in [0.2, 0.25) is 5.91 Å². The van der Waals surface area contributed by atoms with Gasteiger partial charge in [-0.05, 0) is 68.1 Å². The van der Waals surface area contributed by atoms with Crippen LogP contribution < -0.4 is 14.5 Å². The van der Waals surface area contributed by atoms with E-state index in [1.807, 2.05) is 45.0 Å². The Morgan fingerprint density at radius 1 is 0.848 bits per heavy atom. The van der Waals surface area contributed by atoms with Crippen molar-refractivity contribution in [1.82, 2.24) is 0 Å². The smallest absolute Gasteiger partial charge is 0.324 e. The summed E-state index contributed by atoms with van der Waals surface area (Å²) >= 11 is 0. The molecular weight excluding hydrogens is 438 g/mol. The quantitative estimate of drug-likeness (QED) is 0.608. The third kappa shape index (κ3) is 3.98. The van der Waals surface area contributed by atoms with Crippen LogP contribution in [-0.2, 0) is 14.8 Å². The Labute approximate surface area is 193 Å². The van der Waals surface area contributed by atoms with E-state index in [9.17, 15) is 18.0 Å². The van der Waals surface area contributed by atoms with Crippen LogP contribution >= 0.6 is 0 Å². The summed E-state index contributed by atoms with van der Waals surface area (Å²) in [4.78, 5) is 27.8. The molecule has 0 fully saturated rings. The van der Waals surface area contributed by atoms with E-state index in [0.717, 1.165) is 21.0 Å². The number of para-hydroxylation sites is 2. The zero-order valence-corrected chi connectivity index (χ0v) is 19.7. The molecule has 0 spiro atoms. The molecule has 1 N–H and O–H groups in total. The van der Waals surface area contributed by atoms with E-state index in [-0.39, 0.29) is 22.8 Å². The first kappa shape index (κ1) is 22.5. The zero-order chi connectivity index (χ0) is 23.9. The second-order valence-electron chi connectivity index (χ2n) is 8.21. The summed E-state index contributed by atoms with van der Waals surface area (Å²) in [5.41, 5.74) is 4.38. The fourth-order valence-electron chi connectivity index (χ4n) is 3.97. The lowest BCUT2D eigenvalue weighted by Gasteiger charge is -2.36. The topological polar surface area (TPSA) is 86.8 Å². The molecule has 0 bridgehead atoms. The molecule has 1 heterocycles. The first-order valence-electron chi connectivity index (χ1n) is 10.5. The van der Waals surface area contributed by atoms with Crippen molar-refractivity contribution in [3.05, 3.63) is 82.9 Å². The molecule has 0 radical (unpaired) electrons. The molecule has 1 aliphatic rings. The number of benzene rings is 3. The Bertz CT molecular complexity index is 1360. The van der Waals surface area contributed by atoms with E-state index in [2.05, 4.69) is 5.32 Å². The number of nitrogens with zero attached hydrogens (tertiary/aromatic N) is 2. The summed E-state index contributed by atoms with van der Waals surface area (Å²) in [6, 6.07) is 16.4. The first-order chi connectivity index (χ1) is 15.6. The lowest BCUT2D eigenvalue weighted by molar-refractivity contribution is -0.114. The highest BCUT2D eigenvalue weighted by atomic mass is 32.2. The number of aryl methyl sites for hydroxylation is 4. The number of hydrogen-bond donors (Lipinski definition) is 1. The van der Waals surface area contributed by atoms with Crippen molar-refractivity contribution in [1.29, 1.82) is 0 Å². The van der Waals surface area contributed by atoms with Gasteiger partial charge < -0.3 is 5.32 Å². The highest BCUT2D eigenvalue weighted by molar-refractivity contribution is 7.94. The number of hydrogen-bond acceptors (Lipinski definition) is 4. The number of nitrogens with one attached hydrogen (secondary N) is 1. The van der Waals surface area contributed by atoms with Crippen molar-refractivity contribution in [2.24, 2.45) is 0 Å². The van der Waals surface area contributed by atoms with Gasteiger partial charge in [0.1, 0.15) is 11.4 Å². The molecule has 0 unspecified atom stereocenters. The van der Waals surface area contributed by atoms with Gasteiger partial charge in [-0.25, -0.2) is 13.2 Å². The molecule has 0 atom stereocenters. The lowest BCUT2D eigenvalue weighted by atomic mass is 10.1. The summed E-state index contributed by atoms with van der Waals surface area (Å²) < 4.78 is 27.7. The molecule has 33 heavy (non-hydrogen) atoms. The molecular formula is C25H25N3O4S. The van der Waals surface area contributed by atoms with Crippen LogP contribution in [0.2, 0.25) is 0 Å². The van der Waals surface area contributed by atoms with Crippen LogP contribution in [-0.4, -0.2) is 26.9 Å². The average Bonchev–Trinajstić information content (AvgIpc) is 2.76. The minimum absolute atomic E-state index is 0.0228. The van der Waals surface area contributed by atoms with Crippen LogP contribution in [0.5, 0.6) is 0 Å². The second-order valence-corrected chi connectivity index (χ2v) is 9.97. The fraction of sp³-hybridized carbons (Fsp3) is 0.200. The Hall–Kier alpha value is -3.65. The van der Waals surface area contributed by atoms with E-state index in [0.29, 0.717) is 11.3 Å². The summed E-state index contributed by atoms with van der Waals surface area (Å²) in [6.07, 6.45) is 0. The maximum absolute atomic E-state index is 13.6. The summed E-state index contributed by atoms with van der Waals surface area (Å²) in [6.45, 7) is 7.02. The summed E-state index contributed by atoms with van der Waals surface area (Å²) in [5.74, 6) is -0.421. The van der Waals surface area contributed by atoms with Gasteiger partial charge >= 0.3 is 6.03 Å². The highest BCUT2D eigenvalue weighted by Crippen LogP contribution is 2.38. The van der Waals surface area contributed by atoms with Crippen molar-refractivity contribution >= 4 is 39.0 Å². The summed E-state index contributed by atoms with van der Waals surface area (Å²) in [7, 11) is -4.15. The zero-order valence-electron chi connectivity index (χ0n) is 18.9. The predicted octanol–water partition coefficient (Wildman–Crippen LogP) is 4.69. The van der Waals surface area contributed by atoms with Gasteiger partial charge in [0.15, 0.2) is 0 Å². The number of amides is 3. The van der Waals surface area contributed by atoms with E-state index in [1.165, 1.54) is 17.0 Å². The lowest BCUT2D eigenvalue weighted by Crippen LogP contribution is -2.53. The largest absolute Gasteiger partial charge is 0.343 e. The van der Waals surface area contributed by atoms with E-state index >= 15 is 0 Å². The second kappa shape index (κ2) is 8.37. The molecule has 1 aliphatic heterocycles. The Balaban J connectivity index is 1.77. The minimum atomic E-state index is -4.15. The van der Waals surface area contributed by atoms with Gasteiger partial charge in [-0.2, -0.15) is 4.31 Å². The predicted molar refractivity (Wildman–Crippen MR) is 129 cm³/mol. The maximum Gasteiger partial charge on any atom is 0.343 e. The van der Waals surface area contributed by atoms with Gasteiger partial charge in [0, 0.05) is 5.69 Å². The van der Waals surface area contributed by atoms with Crippen LogP contribution in [0.4, 0.5) is 21.9 Å². The Morgan fingerprint density at radius 3 is 2.21 bits per heavy atom. The van der Waals surface area contributed by atoms with Crippen molar-refractivity contribution in [2.75, 3.05) is 21.1 Å². The number of anilines is 3. The van der Waals surface area contributed by atoms with Crippen LogP contribution in [0.3, 0.4) is 0 Å². The Kier molecular flexibility index (Phi) is 5.71. The molecule has 0 saturated heterocycles. The third-order valence-electron chi connectivity index (χ3n) is 5.71. The van der Waals surface area contributed by atoms with E-state index < -0.39 is 22.0 Å². The monoisotopic (exact) mass is 463 g/mol. The van der Waals surface area contributed by atoms with Crippen molar-refractivity contribution < 1.29 is 18.0 Å². The normalized spacial score (nSPS) is 14.7. The van der Waals surface area contributed by atoms with E-state index in [4.69, 9.17) is 0 Å². The molecule has 7 nitrogen and oxygen atoms in total. The molecule has 0 aromatic heterocycles. The molecule has 3 amide bonds. The maximum atomic E-state index is 13.6. The molecule has 3 aromatic rings. The number of rotatable bonds is 4. The number of fused-ring (bicyclic) bond motifs is 1. The van der Waals surface area contributed by atoms with Crippen LogP contribution in [0.15, 0.2) is 65.6 Å². The van der Waals surface area contributed by atoms with Crippen LogP contribution in [0.1, 0.15) is 22.3 Å². The first-order valence-corrected chi connectivity index (χ1v) is 11.9. The van der Waals surface area contributed by atoms with Crippen LogP contribution in [0, 0.1) is 27.7 Å². The number of sulfonamides is 1. The van der Waals surface area contributed by atoms with Crippen molar-refractivity contribution in [3.8, 4) is 0 Å². The third-order valence-corrected chi connectivity index (χ3v) is 7.44. The Morgan fingerprint density at radius 2 is 1.52 bits per heavy atom. The standard InChI is InChI=1S/C25H25N3O4S/c1-16-12-13-17(2)21(14-16)28-25(30)27(20-10-5-6-11-22(20)33(28,31)32)15-23(29)26-24-18(3)8-7-9-19(24)4/h5-14H,15H2,1-4H3,(H,26,29). The number of carbonyl (C=O) groups is 2. The molecule has 0 aliphatic carbocycles. The highest BCUT2D eigenvalue weighted by Gasteiger charge is 2.43. The number of urea groups is 1. The van der Waals surface area contributed by atoms with Gasteiger partial charge in [0.05, 0.1) is 11.4 Å². The van der Waals surface area contributed by atoms with Gasteiger partial charge in [-0.3, -0.25) is 9.69 Å². The van der Waals surface area contributed by atoms with Crippen molar-refractivity contribution in [2.45, 2.75) is 32.6 Å². The van der Waals surface area contributed by atoms with Gasteiger partial charge in [-0.1, -0.05) is 42.5 Å². The number of carbonyl (C=O) groups excluding carboxylic acids is 2. The van der Waals surface area contributed by atoms with Crippen LogP contribution in [0.25, 0.3) is 0 Å². The van der Waals surface area contributed by atoms with Gasteiger partial charge in [0.25, 0.3) is 10.0 Å². The SMILES string of the molecule is Cc1ccc(C)c(N2C(=O)N(CC(=O)Nc3c(C)cccc3C)c3ccccc3S2(=O)=O)c1. The molecule has 8 heteroatoms. The molecule has 3 aromatic carbocycles. The molecule has 170 valence electrons. The van der Waals surface area contributed by atoms with Gasteiger partial charge in [-0.15, -0.1) is 0 Å².